The highest BCUT2D eigenvalue weighted by Crippen LogP contribution is 2.37. The Bertz CT molecular complexity index is 476. The number of rotatable bonds is 3. The zero-order chi connectivity index (χ0) is 14.0. The number of urea groups is 1. The Labute approximate surface area is 108 Å². The van der Waals surface area contributed by atoms with Gasteiger partial charge in [-0.05, 0) is 11.6 Å². The molecule has 3 N–H and O–H groups in total. The first-order chi connectivity index (χ1) is 8.95. The van der Waals surface area contributed by atoms with Crippen LogP contribution in [0.2, 0.25) is 0 Å². The second-order valence-corrected chi connectivity index (χ2v) is 4.27. The molecule has 1 unspecified atom stereocenters. The molecular formula is C12H14F3N3O. The fourth-order valence-electron chi connectivity index (χ4n) is 2.26. The molecule has 1 aliphatic rings. The first-order valence-corrected chi connectivity index (χ1v) is 5.86. The highest BCUT2D eigenvalue weighted by atomic mass is 19.4. The van der Waals surface area contributed by atoms with Crippen LogP contribution in [0.5, 0.6) is 0 Å². The summed E-state index contributed by atoms with van der Waals surface area (Å²) >= 11 is 0. The number of nitrogens with two attached hydrogens (primary N) is 1. The molecule has 0 aromatic heterocycles. The van der Waals surface area contributed by atoms with E-state index in [-0.39, 0.29) is 31.2 Å². The van der Waals surface area contributed by atoms with Crippen LogP contribution in [0.3, 0.4) is 0 Å². The summed E-state index contributed by atoms with van der Waals surface area (Å²) in [5.74, 6) is 0. The molecule has 1 saturated heterocycles. The molecule has 1 aromatic rings. The topological polar surface area (TPSA) is 58.4 Å². The molecule has 104 valence electrons. The molecule has 1 fully saturated rings. The third-order valence-corrected chi connectivity index (χ3v) is 3.08. The highest BCUT2D eigenvalue weighted by Gasteiger charge is 2.39. The average Bonchev–Trinajstić information content (AvgIpc) is 2.71. The Kier molecular flexibility index (Phi) is 3.66. The first-order valence-electron chi connectivity index (χ1n) is 5.86. The summed E-state index contributed by atoms with van der Waals surface area (Å²) in [6.45, 7) is 0.590. The second-order valence-electron chi connectivity index (χ2n) is 4.27. The zero-order valence-corrected chi connectivity index (χ0v) is 10.1. The van der Waals surface area contributed by atoms with E-state index in [1.54, 1.807) is 0 Å². The largest absolute Gasteiger partial charge is 0.416 e. The number of hydrogen-bond donors (Lipinski definition) is 2. The highest BCUT2D eigenvalue weighted by molar-refractivity contribution is 5.77. The lowest BCUT2D eigenvalue weighted by Gasteiger charge is -2.25. The maximum atomic E-state index is 13.0. The molecular weight excluding hydrogens is 259 g/mol. The van der Waals surface area contributed by atoms with Gasteiger partial charge >= 0.3 is 12.2 Å². The van der Waals surface area contributed by atoms with Crippen LogP contribution in [-0.2, 0) is 6.18 Å². The Morgan fingerprint density at radius 3 is 2.68 bits per heavy atom. The molecule has 2 rings (SSSR count). The Balaban J connectivity index is 2.39. The molecule has 0 saturated carbocycles. The monoisotopic (exact) mass is 273 g/mol. The number of halogens is 3. The summed E-state index contributed by atoms with van der Waals surface area (Å²) < 4.78 is 38.9. The second kappa shape index (κ2) is 5.08. The van der Waals surface area contributed by atoms with Crippen molar-refractivity contribution in [2.75, 3.05) is 19.6 Å². The Morgan fingerprint density at radius 2 is 2.05 bits per heavy atom. The smallest absolute Gasteiger partial charge is 0.336 e. The Hall–Kier alpha value is -1.76. The van der Waals surface area contributed by atoms with Crippen LogP contribution < -0.4 is 11.1 Å². The van der Waals surface area contributed by atoms with E-state index in [2.05, 4.69) is 5.32 Å². The van der Waals surface area contributed by atoms with Gasteiger partial charge in [-0.15, -0.1) is 0 Å². The van der Waals surface area contributed by atoms with Gasteiger partial charge in [0, 0.05) is 19.6 Å². The zero-order valence-electron chi connectivity index (χ0n) is 10.1. The van der Waals surface area contributed by atoms with Crippen molar-refractivity contribution in [1.29, 1.82) is 0 Å². The van der Waals surface area contributed by atoms with Crippen molar-refractivity contribution in [3.8, 4) is 0 Å². The minimum Gasteiger partial charge on any atom is -0.336 e. The van der Waals surface area contributed by atoms with E-state index in [0.717, 1.165) is 6.07 Å². The summed E-state index contributed by atoms with van der Waals surface area (Å²) in [7, 11) is 0. The summed E-state index contributed by atoms with van der Waals surface area (Å²) in [6, 6.07) is 4.29. The van der Waals surface area contributed by atoms with Crippen LogP contribution in [0.4, 0.5) is 18.0 Å². The van der Waals surface area contributed by atoms with Crippen molar-refractivity contribution in [2.24, 2.45) is 5.73 Å². The molecule has 1 atom stereocenters. The number of benzene rings is 1. The van der Waals surface area contributed by atoms with Crippen LogP contribution in [-0.4, -0.2) is 30.6 Å². The Morgan fingerprint density at radius 1 is 1.37 bits per heavy atom. The van der Waals surface area contributed by atoms with Crippen LogP contribution in [0.1, 0.15) is 17.2 Å². The summed E-state index contributed by atoms with van der Waals surface area (Å²) in [5, 5.41) is 2.55. The van der Waals surface area contributed by atoms with E-state index >= 15 is 0 Å². The minimum atomic E-state index is -4.43. The number of nitrogens with one attached hydrogen (secondary N) is 1. The van der Waals surface area contributed by atoms with Gasteiger partial charge in [-0.1, -0.05) is 18.2 Å². The van der Waals surface area contributed by atoms with Crippen LogP contribution >= 0.6 is 0 Å². The van der Waals surface area contributed by atoms with Crippen LogP contribution in [0, 0.1) is 0 Å². The summed E-state index contributed by atoms with van der Waals surface area (Å²) in [5.41, 5.74) is 4.78. The molecule has 0 aliphatic carbocycles. The first kappa shape index (κ1) is 13.7. The lowest BCUT2D eigenvalue weighted by Crippen LogP contribution is -2.34. The molecule has 19 heavy (non-hydrogen) atoms. The number of hydrogen-bond acceptors (Lipinski definition) is 2. The van der Waals surface area contributed by atoms with E-state index in [1.807, 2.05) is 0 Å². The van der Waals surface area contributed by atoms with Crippen LogP contribution in [0.15, 0.2) is 24.3 Å². The van der Waals surface area contributed by atoms with Crippen molar-refractivity contribution in [1.82, 2.24) is 10.2 Å². The fraction of sp³-hybridized carbons (Fsp3) is 0.417. The summed E-state index contributed by atoms with van der Waals surface area (Å²) in [4.78, 5) is 12.9. The molecule has 7 heteroatoms. The minimum absolute atomic E-state index is 0.0989. The lowest BCUT2D eigenvalue weighted by molar-refractivity contribution is -0.138. The molecule has 0 bridgehead atoms. The van der Waals surface area contributed by atoms with Crippen molar-refractivity contribution < 1.29 is 18.0 Å². The van der Waals surface area contributed by atoms with E-state index in [0.29, 0.717) is 0 Å². The van der Waals surface area contributed by atoms with Gasteiger partial charge in [0.15, 0.2) is 0 Å². The van der Waals surface area contributed by atoms with Gasteiger partial charge in [0.1, 0.15) is 0 Å². The van der Waals surface area contributed by atoms with Gasteiger partial charge < -0.3 is 16.0 Å². The number of alkyl halides is 3. The van der Waals surface area contributed by atoms with Gasteiger partial charge in [0.2, 0.25) is 0 Å². The molecule has 1 aromatic carbocycles. The standard InChI is InChI=1S/C12H14F3N3O/c13-12(14,15)9-4-2-1-3-8(9)10-7-17-11(19)18(10)6-5-16/h1-4,10H,5-7,16H2,(H,17,19). The van der Waals surface area contributed by atoms with Crippen LogP contribution in [0.25, 0.3) is 0 Å². The SMILES string of the molecule is NCCN1C(=O)NCC1c1ccccc1C(F)(F)F. The third kappa shape index (κ3) is 2.65. The van der Waals surface area contributed by atoms with Gasteiger partial charge in [0.25, 0.3) is 0 Å². The number of amides is 2. The molecule has 0 spiro atoms. The number of carbonyl (C=O) groups excluding carboxylic acids is 1. The lowest BCUT2D eigenvalue weighted by atomic mass is 9.99. The maximum Gasteiger partial charge on any atom is 0.416 e. The predicted molar refractivity (Wildman–Crippen MR) is 63.3 cm³/mol. The number of carbonyl (C=O) groups is 1. The van der Waals surface area contributed by atoms with E-state index in [1.165, 1.54) is 23.1 Å². The van der Waals surface area contributed by atoms with Gasteiger partial charge in [0.05, 0.1) is 11.6 Å². The number of nitrogens with zero attached hydrogens (tertiary/aromatic N) is 1. The maximum absolute atomic E-state index is 13.0. The van der Waals surface area contributed by atoms with E-state index in [9.17, 15) is 18.0 Å². The normalized spacial score (nSPS) is 19.7. The van der Waals surface area contributed by atoms with Crippen molar-refractivity contribution >= 4 is 6.03 Å². The fourth-order valence-corrected chi connectivity index (χ4v) is 2.26. The third-order valence-electron chi connectivity index (χ3n) is 3.08. The van der Waals surface area contributed by atoms with Crippen molar-refractivity contribution in [2.45, 2.75) is 12.2 Å². The molecule has 2 amide bonds. The van der Waals surface area contributed by atoms with Crippen molar-refractivity contribution in [3.63, 3.8) is 0 Å². The summed E-state index contributed by atoms with van der Waals surface area (Å²) in [6.07, 6.45) is -4.43. The molecule has 1 heterocycles. The van der Waals surface area contributed by atoms with Gasteiger partial charge in [-0.2, -0.15) is 13.2 Å². The van der Waals surface area contributed by atoms with Gasteiger partial charge in [-0.3, -0.25) is 0 Å². The average molecular weight is 273 g/mol. The molecule has 4 nitrogen and oxygen atoms in total. The van der Waals surface area contributed by atoms with Gasteiger partial charge in [-0.25, -0.2) is 4.79 Å². The van der Waals surface area contributed by atoms with Crippen molar-refractivity contribution in [3.05, 3.63) is 35.4 Å². The molecule has 1 aliphatic heterocycles. The quantitative estimate of drug-likeness (QED) is 0.881. The van der Waals surface area contributed by atoms with E-state index in [4.69, 9.17) is 5.73 Å². The molecule has 0 radical (unpaired) electrons. The predicted octanol–water partition coefficient (Wildman–Crippen LogP) is 1.73. The van der Waals surface area contributed by atoms with E-state index < -0.39 is 17.8 Å².